The Morgan fingerprint density at radius 1 is 0.950 bits per heavy atom. The Kier molecular flexibility index (Phi) is 9.63. The molecule has 60 heavy (non-hydrogen) atoms. The number of aromatic amines is 1. The molecule has 1 saturated carbocycles. The first-order valence-electron chi connectivity index (χ1n) is 21.8. The summed E-state index contributed by atoms with van der Waals surface area (Å²) >= 11 is 0. The predicted molar refractivity (Wildman–Crippen MR) is 227 cm³/mol. The molecule has 5 aliphatic heterocycles. The second kappa shape index (κ2) is 14.2. The van der Waals surface area contributed by atoms with Gasteiger partial charge in [0.1, 0.15) is 22.7 Å². The minimum absolute atomic E-state index is 0.0633. The van der Waals surface area contributed by atoms with Crippen LogP contribution >= 0.6 is 0 Å². The van der Waals surface area contributed by atoms with Crippen molar-refractivity contribution in [2.24, 2.45) is 22.2 Å². The van der Waals surface area contributed by atoms with Gasteiger partial charge < -0.3 is 33.7 Å². The Morgan fingerprint density at radius 3 is 2.40 bits per heavy atom. The number of nitrogens with one attached hydrogen (secondary N) is 1. The van der Waals surface area contributed by atoms with Crippen LogP contribution in [-0.4, -0.2) is 111 Å². The van der Waals surface area contributed by atoms with Crippen LogP contribution in [0, 0.1) is 22.2 Å². The lowest BCUT2D eigenvalue weighted by atomic mass is 9.44. The number of amides is 1. The van der Waals surface area contributed by atoms with Crippen LogP contribution in [0.25, 0.3) is 10.9 Å². The van der Waals surface area contributed by atoms with Crippen molar-refractivity contribution in [3.63, 3.8) is 0 Å². The number of fused-ring (bicyclic) bond motifs is 6. The van der Waals surface area contributed by atoms with Crippen LogP contribution in [0.4, 0.5) is 5.69 Å². The molecule has 1 spiro atoms. The number of methoxy groups -OCH3 is 3. The Labute approximate surface area is 352 Å². The molecule has 2 saturated heterocycles. The summed E-state index contributed by atoms with van der Waals surface area (Å²) in [5.41, 5.74) is 0.554. The highest BCUT2D eigenvalue weighted by Crippen LogP contribution is 2.70. The first-order chi connectivity index (χ1) is 28.8. The van der Waals surface area contributed by atoms with Crippen LogP contribution in [0.1, 0.15) is 89.1 Å². The van der Waals surface area contributed by atoms with Crippen molar-refractivity contribution in [2.75, 3.05) is 59.0 Å². The molecule has 6 aliphatic rings. The molecule has 1 N–H and O–H groups in total. The molecule has 2 aromatic carbocycles. The lowest BCUT2D eigenvalue weighted by Gasteiger charge is -2.64. The zero-order valence-corrected chi connectivity index (χ0v) is 36.4. The van der Waals surface area contributed by atoms with Crippen molar-refractivity contribution in [2.45, 2.75) is 102 Å². The topological polar surface area (TPSA) is 131 Å². The maximum atomic E-state index is 15.4. The predicted octanol–water partition coefficient (Wildman–Crippen LogP) is 6.07. The summed E-state index contributed by atoms with van der Waals surface area (Å²) in [6, 6.07) is 11.2. The van der Waals surface area contributed by atoms with Crippen LogP contribution in [0.5, 0.6) is 5.75 Å². The highest BCUT2D eigenvalue weighted by molar-refractivity contribution is 5.96. The molecule has 6 heterocycles. The minimum Gasteiger partial charge on any atom is -0.496 e. The van der Waals surface area contributed by atoms with Gasteiger partial charge in [-0.05, 0) is 86.6 Å². The van der Waals surface area contributed by atoms with E-state index in [0.29, 0.717) is 49.4 Å². The Hall–Kier alpha value is -4.68. The van der Waals surface area contributed by atoms with E-state index >= 15 is 4.79 Å². The monoisotopic (exact) mass is 820 g/mol. The lowest BCUT2D eigenvalue weighted by molar-refractivity contribution is -0.203. The average molecular weight is 821 g/mol. The van der Waals surface area contributed by atoms with Crippen LogP contribution in [0.15, 0.2) is 48.6 Å². The van der Waals surface area contributed by atoms with Crippen LogP contribution in [0.3, 0.4) is 0 Å². The molecular formula is C48H60N4O8. The van der Waals surface area contributed by atoms with E-state index in [2.05, 4.69) is 65.9 Å². The van der Waals surface area contributed by atoms with Crippen LogP contribution in [0.2, 0.25) is 0 Å². The van der Waals surface area contributed by atoms with Crippen molar-refractivity contribution in [3.05, 3.63) is 70.9 Å². The fourth-order valence-corrected chi connectivity index (χ4v) is 14.1. The molecule has 1 amide bonds. The molecule has 2 bridgehead atoms. The molecule has 12 nitrogen and oxygen atoms in total. The normalized spacial score (nSPS) is 36.5. The Morgan fingerprint density at radius 2 is 1.72 bits per heavy atom. The number of hydrogen-bond donors (Lipinski definition) is 1. The Bertz CT molecular complexity index is 2310. The molecular weight excluding hydrogens is 761 g/mol. The minimum atomic E-state index is -1.50. The zero-order valence-electron chi connectivity index (χ0n) is 36.4. The van der Waals surface area contributed by atoms with Gasteiger partial charge in [-0.1, -0.05) is 51.1 Å². The molecule has 10 atom stereocenters. The number of anilines is 1. The van der Waals surface area contributed by atoms with Crippen molar-refractivity contribution in [1.82, 2.24) is 14.8 Å². The van der Waals surface area contributed by atoms with Gasteiger partial charge in [0, 0.05) is 78.2 Å². The second-order valence-electron chi connectivity index (χ2n) is 19.1. The molecule has 0 radical (unpaired) electrons. The molecule has 12 heteroatoms. The van der Waals surface area contributed by atoms with E-state index in [1.54, 1.807) is 12.0 Å². The van der Waals surface area contributed by atoms with Gasteiger partial charge in [-0.15, -0.1) is 0 Å². The number of hydrogen-bond acceptors (Lipinski definition) is 10. The SMILES string of the molecule is CC[C@]1(C)C[C@H]2CN(CCc3c([nH]c4ccccc34)[C@@](C(=O)OC)(c3cc4c(cc3OC)N(C=O)[C@H]3[C@@](C)(C(=O)OC)[C@H](OC(C)=O)[C@]5(CC)C=CCN6CC[C@]43[C@@H]65)C2)C1. The summed E-state index contributed by atoms with van der Waals surface area (Å²) in [4.78, 5) is 67.6. The van der Waals surface area contributed by atoms with Gasteiger partial charge >= 0.3 is 17.9 Å². The van der Waals surface area contributed by atoms with E-state index < -0.39 is 45.7 Å². The van der Waals surface area contributed by atoms with Crippen molar-refractivity contribution in [3.8, 4) is 5.75 Å². The molecule has 320 valence electrons. The van der Waals surface area contributed by atoms with Crippen molar-refractivity contribution >= 4 is 40.9 Å². The number of carbonyl (C=O) groups is 4. The Balaban J connectivity index is 1.38. The summed E-state index contributed by atoms with van der Waals surface area (Å²) < 4.78 is 24.4. The summed E-state index contributed by atoms with van der Waals surface area (Å²) in [5.74, 6) is -0.854. The maximum Gasteiger partial charge on any atom is 0.322 e. The van der Waals surface area contributed by atoms with Crippen LogP contribution in [-0.2, 0) is 50.6 Å². The number of esters is 3. The third-order valence-electron chi connectivity index (χ3n) is 16.3. The number of rotatable bonds is 8. The van der Waals surface area contributed by atoms with Crippen LogP contribution < -0.4 is 9.64 Å². The highest BCUT2D eigenvalue weighted by Gasteiger charge is 2.79. The smallest absolute Gasteiger partial charge is 0.322 e. The van der Waals surface area contributed by atoms with Gasteiger partial charge in [0.15, 0.2) is 0 Å². The largest absolute Gasteiger partial charge is 0.496 e. The number of carbonyl (C=O) groups excluding carboxylic acids is 4. The third-order valence-corrected chi connectivity index (χ3v) is 16.3. The first kappa shape index (κ1) is 40.7. The summed E-state index contributed by atoms with van der Waals surface area (Å²) in [6.45, 7) is 14.0. The average Bonchev–Trinajstić information content (AvgIpc) is 3.92. The van der Waals surface area contributed by atoms with Crippen molar-refractivity contribution < 1.29 is 38.1 Å². The number of piperidine rings is 1. The van der Waals surface area contributed by atoms with Gasteiger partial charge in [0.05, 0.1) is 33.1 Å². The second-order valence-corrected chi connectivity index (χ2v) is 19.1. The number of aromatic nitrogens is 1. The molecule has 3 fully saturated rings. The molecule has 9 rings (SSSR count). The fourth-order valence-electron chi connectivity index (χ4n) is 14.1. The van der Waals surface area contributed by atoms with Gasteiger partial charge in [0.25, 0.3) is 0 Å². The quantitative estimate of drug-likeness (QED) is 0.124. The zero-order chi connectivity index (χ0) is 42.6. The molecule has 1 aromatic heterocycles. The van der Waals surface area contributed by atoms with Gasteiger partial charge in [-0.3, -0.25) is 24.1 Å². The van der Waals surface area contributed by atoms with Gasteiger partial charge in [-0.2, -0.15) is 0 Å². The highest BCUT2D eigenvalue weighted by atomic mass is 16.6. The number of benzene rings is 2. The third kappa shape index (κ3) is 5.21. The first-order valence-corrected chi connectivity index (χ1v) is 21.8. The van der Waals surface area contributed by atoms with E-state index in [-0.39, 0.29) is 23.3 Å². The van der Waals surface area contributed by atoms with E-state index in [0.717, 1.165) is 73.0 Å². The molecule has 3 aromatic rings. The van der Waals surface area contributed by atoms with E-state index in [9.17, 15) is 14.4 Å². The summed E-state index contributed by atoms with van der Waals surface area (Å²) in [6.07, 6.45) is 8.48. The standard InChI is InChI=1S/C48H60N4O8/c1-9-44(4)24-30-25-48(43(56)59-8,38-32(16-20-50(26-30)27-44)31-14-11-12-15-35(31)49-38)34-22-33-36(23-37(34)57-6)52(28-53)39-45(5,42(55)58-7)41(60-29(3)54)46(10-2)17-13-19-51-21-18-47(33,39)40(46)51/h11-15,17,22-23,28,30,39-41,49H,9-10,16,18-21,24-27H2,1-8H3/t30-,39+,40+,41+,44-,45-,46-,47+,48+/m1/s1. The van der Waals surface area contributed by atoms with E-state index in [4.69, 9.17) is 18.9 Å². The van der Waals surface area contributed by atoms with E-state index in [1.807, 2.05) is 25.1 Å². The van der Waals surface area contributed by atoms with Gasteiger partial charge in [-0.25, -0.2) is 0 Å². The maximum absolute atomic E-state index is 15.4. The number of ether oxygens (including phenoxy) is 4. The lowest BCUT2D eigenvalue weighted by Crippen LogP contribution is -2.77. The van der Waals surface area contributed by atoms with Crippen molar-refractivity contribution in [1.29, 1.82) is 0 Å². The fraction of sp³-hybridized carbons (Fsp3) is 0.583. The number of nitrogens with zero attached hydrogens (tertiary/aromatic N) is 3. The molecule has 1 unspecified atom stereocenters. The summed E-state index contributed by atoms with van der Waals surface area (Å²) in [5, 5.41) is 1.08. The molecule has 1 aliphatic carbocycles. The number of H-pyrrole nitrogens is 1. The van der Waals surface area contributed by atoms with Gasteiger partial charge in [0.2, 0.25) is 6.41 Å². The van der Waals surface area contributed by atoms with E-state index in [1.165, 1.54) is 21.1 Å². The number of para-hydroxylation sites is 1. The summed E-state index contributed by atoms with van der Waals surface area (Å²) in [7, 11) is 4.44.